The van der Waals surface area contributed by atoms with Crippen molar-refractivity contribution in [2.45, 2.75) is 20.1 Å². The third-order valence-electron chi connectivity index (χ3n) is 4.49. The van der Waals surface area contributed by atoms with Crippen molar-refractivity contribution in [3.63, 3.8) is 0 Å². The number of para-hydroxylation sites is 1. The standard InChI is InChI=1S/C22H19ClN4O3/c1-15-18(14-29-20-10-6-5-9-19(20)23)21(26-30-15)22(28)25-17-11-24-27(13-17)12-16-7-3-2-4-8-16/h2-11,13H,12,14H2,1H3,(H,25,28). The summed E-state index contributed by atoms with van der Waals surface area (Å²) in [5.74, 6) is 0.629. The van der Waals surface area contributed by atoms with Crippen LogP contribution in [-0.4, -0.2) is 20.8 Å². The maximum Gasteiger partial charge on any atom is 0.278 e. The summed E-state index contributed by atoms with van der Waals surface area (Å²) < 4.78 is 12.7. The average molecular weight is 423 g/mol. The van der Waals surface area contributed by atoms with Gasteiger partial charge in [-0.15, -0.1) is 0 Å². The van der Waals surface area contributed by atoms with Crippen LogP contribution < -0.4 is 10.1 Å². The minimum absolute atomic E-state index is 0.106. The van der Waals surface area contributed by atoms with Crippen molar-refractivity contribution in [3.05, 3.63) is 94.6 Å². The van der Waals surface area contributed by atoms with Crippen LogP contribution in [0.4, 0.5) is 5.69 Å². The lowest BCUT2D eigenvalue weighted by molar-refractivity contribution is 0.101. The number of benzene rings is 2. The molecule has 2 heterocycles. The lowest BCUT2D eigenvalue weighted by Gasteiger charge is -2.08. The van der Waals surface area contributed by atoms with E-state index in [1.165, 1.54) is 0 Å². The zero-order valence-corrected chi connectivity index (χ0v) is 17.0. The van der Waals surface area contributed by atoms with Gasteiger partial charge in [-0.1, -0.05) is 59.2 Å². The Balaban J connectivity index is 1.44. The summed E-state index contributed by atoms with van der Waals surface area (Å²) in [6.45, 7) is 2.44. The molecule has 4 rings (SSSR count). The van der Waals surface area contributed by atoms with Crippen molar-refractivity contribution in [2.75, 3.05) is 5.32 Å². The number of aromatic nitrogens is 3. The summed E-state index contributed by atoms with van der Waals surface area (Å²) >= 11 is 6.12. The maximum absolute atomic E-state index is 12.7. The molecule has 0 fully saturated rings. The van der Waals surface area contributed by atoms with Crippen LogP contribution in [0.25, 0.3) is 0 Å². The zero-order chi connectivity index (χ0) is 20.9. The van der Waals surface area contributed by atoms with Crippen LogP contribution >= 0.6 is 11.6 Å². The third kappa shape index (κ3) is 4.52. The number of nitrogens with one attached hydrogen (secondary N) is 1. The minimum atomic E-state index is -0.399. The van der Waals surface area contributed by atoms with Crippen molar-refractivity contribution >= 4 is 23.2 Å². The zero-order valence-electron chi connectivity index (χ0n) is 16.2. The molecule has 2 aromatic carbocycles. The number of amides is 1. The van der Waals surface area contributed by atoms with Gasteiger partial charge in [-0.05, 0) is 24.6 Å². The van der Waals surface area contributed by atoms with E-state index in [0.29, 0.717) is 34.3 Å². The predicted molar refractivity (Wildman–Crippen MR) is 113 cm³/mol. The van der Waals surface area contributed by atoms with Gasteiger partial charge in [0.05, 0.1) is 29.0 Å². The van der Waals surface area contributed by atoms with E-state index in [0.717, 1.165) is 5.56 Å². The van der Waals surface area contributed by atoms with Gasteiger partial charge >= 0.3 is 0 Å². The number of hydrogen-bond donors (Lipinski definition) is 1. The molecular weight excluding hydrogens is 404 g/mol. The highest BCUT2D eigenvalue weighted by Crippen LogP contribution is 2.25. The lowest BCUT2D eigenvalue weighted by atomic mass is 10.2. The number of carbonyl (C=O) groups excluding carboxylic acids is 1. The van der Waals surface area contributed by atoms with Crippen molar-refractivity contribution in [1.29, 1.82) is 0 Å². The summed E-state index contributed by atoms with van der Waals surface area (Å²) in [5.41, 5.74) is 2.40. The molecule has 0 spiro atoms. The average Bonchev–Trinajstić information content (AvgIpc) is 3.34. The van der Waals surface area contributed by atoms with Crippen LogP contribution in [0.2, 0.25) is 5.02 Å². The highest BCUT2D eigenvalue weighted by Gasteiger charge is 2.21. The van der Waals surface area contributed by atoms with Gasteiger partial charge in [0.1, 0.15) is 18.1 Å². The first-order chi connectivity index (χ1) is 14.6. The normalized spacial score (nSPS) is 10.7. The largest absolute Gasteiger partial charge is 0.487 e. The molecule has 0 saturated carbocycles. The second kappa shape index (κ2) is 8.84. The summed E-state index contributed by atoms with van der Waals surface area (Å²) in [5, 5.41) is 11.5. The van der Waals surface area contributed by atoms with Crippen LogP contribution in [0, 0.1) is 6.92 Å². The van der Waals surface area contributed by atoms with Gasteiger partial charge in [-0.2, -0.15) is 5.10 Å². The van der Waals surface area contributed by atoms with Gasteiger partial charge in [-0.25, -0.2) is 0 Å². The number of nitrogens with zero attached hydrogens (tertiary/aromatic N) is 3. The molecule has 7 nitrogen and oxygen atoms in total. The summed E-state index contributed by atoms with van der Waals surface area (Å²) in [7, 11) is 0. The molecule has 30 heavy (non-hydrogen) atoms. The quantitative estimate of drug-likeness (QED) is 0.466. The second-order valence-electron chi connectivity index (χ2n) is 6.65. The number of carbonyl (C=O) groups is 1. The Morgan fingerprint density at radius 1 is 1.17 bits per heavy atom. The van der Waals surface area contributed by atoms with Gasteiger partial charge in [0.25, 0.3) is 5.91 Å². The SMILES string of the molecule is Cc1onc(C(=O)Nc2cnn(Cc3ccccc3)c2)c1COc1ccccc1Cl. The molecule has 0 aliphatic rings. The Labute approximate surface area is 178 Å². The minimum Gasteiger partial charge on any atom is -0.487 e. The molecule has 0 aliphatic carbocycles. The number of hydrogen-bond acceptors (Lipinski definition) is 5. The van der Waals surface area contributed by atoms with E-state index < -0.39 is 5.91 Å². The first-order valence-electron chi connectivity index (χ1n) is 9.30. The molecule has 0 bridgehead atoms. The smallest absolute Gasteiger partial charge is 0.278 e. The molecule has 1 amide bonds. The van der Waals surface area contributed by atoms with Crippen molar-refractivity contribution in [1.82, 2.24) is 14.9 Å². The van der Waals surface area contributed by atoms with E-state index in [1.54, 1.807) is 36.1 Å². The summed E-state index contributed by atoms with van der Waals surface area (Å²) in [4.78, 5) is 12.7. The van der Waals surface area contributed by atoms with Crippen LogP contribution in [0.3, 0.4) is 0 Å². The number of rotatable bonds is 7. The first-order valence-corrected chi connectivity index (χ1v) is 9.68. The molecule has 0 atom stereocenters. The summed E-state index contributed by atoms with van der Waals surface area (Å²) in [6.07, 6.45) is 3.35. The number of anilines is 1. The predicted octanol–water partition coefficient (Wildman–Crippen LogP) is 4.71. The Bertz CT molecular complexity index is 1150. The first kappa shape index (κ1) is 19.7. The second-order valence-corrected chi connectivity index (χ2v) is 7.06. The van der Waals surface area contributed by atoms with Gasteiger partial charge in [0.2, 0.25) is 0 Å². The van der Waals surface area contributed by atoms with E-state index in [4.69, 9.17) is 20.9 Å². The van der Waals surface area contributed by atoms with Gasteiger partial charge in [0.15, 0.2) is 5.69 Å². The van der Waals surface area contributed by atoms with Crippen molar-refractivity contribution in [2.24, 2.45) is 0 Å². The van der Waals surface area contributed by atoms with E-state index in [9.17, 15) is 4.79 Å². The Morgan fingerprint density at radius 3 is 2.73 bits per heavy atom. The van der Waals surface area contributed by atoms with E-state index in [1.807, 2.05) is 42.5 Å². The molecule has 1 N–H and O–H groups in total. The van der Waals surface area contributed by atoms with Crippen LogP contribution in [0.5, 0.6) is 5.75 Å². The molecule has 0 saturated heterocycles. The fourth-order valence-corrected chi connectivity index (χ4v) is 3.12. The fraction of sp³-hybridized carbons (Fsp3) is 0.136. The van der Waals surface area contributed by atoms with Crippen LogP contribution in [-0.2, 0) is 13.2 Å². The van der Waals surface area contributed by atoms with E-state index in [-0.39, 0.29) is 12.3 Å². The molecule has 0 radical (unpaired) electrons. The third-order valence-corrected chi connectivity index (χ3v) is 4.80. The molecule has 4 aromatic rings. The van der Waals surface area contributed by atoms with Crippen LogP contribution in [0.15, 0.2) is 71.5 Å². The fourth-order valence-electron chi connectivity index (χ4n) is 2.93. The molecular formula is C22H19ClN4O3. The van der Waals surface area contributed by atoms with Gasteiger partial charge < -0.3 is 14.6 Å². The number of aryl methyl sites for hydroxylation is 1. The molecule has 2 aromatic heterocycles. The summed E-state index contributed by atoms with van der Waals surface area (Å²) in [6, 6.07) is 17.1. The topological polar surface area (TPSA) is 82.2 Å². The number of halogens is 1. The highest BCUT2D eigenvalue weighted by molar-refractivity contribution is 6.32. The molecule has 0 aliphatic heterocycles. The monoisotopic (exact) mass is 422 g/mol. The maximum atomic E-state index is 12.7. The van der Waals surface area contributed by atoms with Crippen molar-refractivity contribution < 1.29 is 14.1 Å². The Kier molecular flexibility index (Phi) is 5.81. The van der Waals surface area contributed by atoms with Gasteiger partial charge in [-0.3, -0.25) is 9.48 Å². The molecule has 0 unspecified atom stereocenters. The molecule has 152 valence electrons. The van der Waals surface area contributed by atoms with Crippen LogP contribution in [0.1, 0.15) is 27.4 Å². The Morgan fingerprint density at radius 2 is 1.93 bits per heavy atom. The van der Waals surface area contributed by atoms with E-state index in [2.05, 4.69) is 15.6 Å². The highest BCUT2D eigenvalue weighted by atomic mass is 35.5. The Hall–Kier alpha value is -3.58. The van der Waals surface area contributed by atoms with Crippen molar-refractivity contribution in [3.8, 4) is 5.75 Å². The van der Waals surface area contributed by atoms with Gasteiger partial charge in [0, 0.05) is 6.20 Å². The number of ether oxygens (including phenoxy) is 1. The lowest BCUT2D eigenvalue weighted by Crippen LogP contribution is -2.15. The molecule has 8 heteroatoms. The van der Waals surface area contributed by atoms with E-state index >= 15 is 0 Å².